The van der Waals surface area contributed by atoms with Crippen LogP contribution in [0.2, 0.25) is 0 Å². The molecule has 1 aromatic heterocycles. The Morgan fingerprint density at radius 1 is 1.35 bits per heavy atom. The van der Waals surface area contributed by atoms with Gasteiger partial charge >= 0.3 is 0 Å². The Balaban J connectivity index is 1.65. The molecule has 2 rings (SSSR count). The molecule has 0 bridgehead atoms. The summed E-state index contributed by atoms with van der Waals surface area (Å²) in [6, 6.07) is 5.45. The SMILES string of the molecule is N#Cc1ccc(OCCCN2CCCC2)cn1. The molecule has 0 aromatic carbocycles. The first-order chi connectivity index (χ1) is 8.38. The molecule has 4 heteroatoms. The van der Waals surface area contributed by atoms with E-state index < -0.39 is 0 Å². The summed E-state index contributed by atoms with van der Waals surface area (Å²) in [4.78, 5) is 6.43. The molecule has 17 heavy (non-hydrogen) atoms. The molecule has 1 saturated heterocycles. The van der Waals surface area contributed by atoms with Crippen LogP contribution in [0.15, 0.2) is 18.3 Å². The van der Waals surface area contributed by atoms with E-state index in [1.807, 2.05) is 6.07 Å². The highest BCUT2D eigenvalue weighted by Crippen LogP contribution is 2.10. The standard InChI is InChI=1S/C13H17N3O/c14-10-12-4-5-13(11-15-12)17-9-3-8-16-6-1-2-7-16/h4-5,11H,1-3,6-9H2. The van der Waals surface area contributed by atoms with Crippen molar-refractivity contribution in [2.75, 3.05) is 26.2 Å². The molecule has 2 heterocycles. The van der Waals surface area contributed by atoms with Gasteiger partial charge in [-0.1, -0.05) is 0 Å². The molecule has 0 unspecified atom stereocenters. The van der Waals surface area contributed by atoms with E-state index in [-0.39, 0.29) is 0 Å². The third kappa shape index (κ3) is 3.72. The van der Waals surface area contributed by atoms with Crippen molar-refractivity contribution < 1.29 is 4.74 Å². The quantitative estimate of drug-likeness (QED) is 0.725. The maximum atomic E-state index is 8.61. The molecule has 0 N–H and O–H groups in total. The van der Waals surface area contributed by atoms with E-state index in [2.05, 4.69) is 9.88 Å². The van der Waals surface area contributed by atoms with Gasteiger partial charge in [-0.05, 0) is 44.5 Å². The van der Waals surface area contributed by atoms with Crippen LogP contribution < -0.4 is 4.74 Å². The van der Waals surface area contributed by atoms with Gasteiger partial charge in [0.1, 0.15) is 17.5 Å². The molecule has 1 fully saturated rings. The van der Waals surface area contributed by atoms with Crippen molar-refractivity contribution in [3.63, 3.8) is 0 Å². The van der Waals surface area contributed by atoms with Gasteiger partial charge in [0.05, 0.1) is 12.8 Å². The normalized spacial score (nSPS) is 15.7. The zero-order valence-electron chi connectivity index (χ0n) is 9.93. The number of nitriles is 1. The minimum absolute atomic E-state index is 0.425. The maximum absolute atomic E-state index is 8.61. The highest BCUT2D eigenvalue weighted by atomic mass is 16.5. The number of pyridine rings is 1. The lowest BCUT2D eigenvalue weighted by molar-refractivity contribution is 0.263. The monoisotopic (exact) mass is 231 g/mol. The molecule has 0 spiro atoms. The Morgan fingerprint density at radius 3 is 2.82 bits per heavy atom. The molecular weight excluding hydrogens is 214 g/mol. The van der Waals surface area contributed by atoms with Gasteiger partial charge in [-0.3, -0.25) is 0 Å². The van der Waals surface area contributed by atoms with Gasteiger partial charge < -0.3 is 9.64 Å². The van der Waals surface area contributed by atoms with Crippen LogP contribution in [0.1, 0.15) is 25.0 Å². The van der Waals surface area contributed by atoms with Crippen LogP contribution in [0, 0.1) is 11.3 Å². The van der Waals surface area contributed by atoms with Crippen molar-refractivity contribution in [3.05, 3.63) is 24.0 Å². The number of nitrogens with zero attached hydrogens (tertiary/aromatic N) is 3. The number of rotatable bonds is 5. The third-order valence-electron chi connectivity index (χ3n) is 2.94. The fourth-order valence-electron chi connectivity index (χ4n) is 2.02. The van der Waals surface area contributed by atoms with Crippen molar-refractivity contribution in [1.82, 2.24) is 9.88 Å². The first kappa shape index (κ1) is 11.9. The van der Waals surface area contributed by atoms with Crippen LogP contribution in [0.4, 0.5) is 0 Å². The number of aromatic nitrogens is 1. The van der Waals surface area contributed by atoms with E-state index in [0.29, 0.717) is 12.3 Å². The van der Waals surface area contributed by atoms with Crippen LogP contribution >= 0.6 is 0 Å². The van der Waals surface area contributed by atoms with E-state index in [4.69, 9.17) is 10.00 Å². The molecule has 0 saturated carbocycles. The number of hydrogen-bond acceptors (Lipinski definition) is 4. The lowest BCUT2D eigenvalue weighted by Gasteiger charge is -2.14. The van der Waals surface area contributed by atoms with Gasteiger partial charge in [0.15, 0.2) is 0 Å². The van der Waals surface area contributed by atoms with Crippen molar-refractivity contribution in [2.45, 2.75) is 19.3 Å². The minimum Gasteiger partial charge on any atom is -0.492 e. The minimum atomic E-state index is 0.425. The summed E-state index contributed by atoms with van der Waals surface area (Å²) in [5.41, 5.74) is 0.425. The van der Waals surface area contributed by atoms with Crippen LogP contribution in [0.3, 0.4) is 0 Å². The Kier molecular flexibility index (Phi) is 4.34. The molecule has 0 radical (unpaired) electrons. The van der Waals surface area contributed by atoms with Crippen LogP contribution in [0.25, 0.3) is 0 Å². The Bertz CT molecular complexity index is 377. The van der Waals surface area contributed by atoms with E-state index >= 15 is 0 Å². The summed E-state index contributed by atoms with van der Waals surface area (Å²) in [5.74, 6) is 0.741. The summed E-state index contributed by atoms with van der Waals surface area (Å²) < 4.78 is 5.57. The summed E-state index contributed by atoms with van der Waals surface area (Å²) in [5, 5.41) is 8.61. The fraction of sp³-hybridized carbons (Fsp3) is 0.538. The summed E-state index contributed by atoms with van der Waals surface area (Å²) in [7, 11) is 0. The lowest BCUT2D eigenvalue weighted by Crippen LogP contribution is -2.21. The van der Waals surface area contributed by atoms with Gasteiger partial charge in [0, 0.05) is 6.54 Å². The molecule has 1 aromatic rings. The second kappa shape index (κ2) is 6.21. The fourth-order valence-corrected chi connectivity index (χ4v) is 2.02. The third-order valence-corrected chi connectivity index (χ3v) is 2.94. The largest absolute Gasteiger partial charge is 0.492 e. The van der Waals surface area contributed by atoms with Gasteiger partial charge in [0.2, 0.25) is 0 Å². The molecule has 0 amide bonds. The predicted molar refractivity (Wildman–Crippen MR) is 64.7 cm³/mol. The lowest BCUT2D eigenvalue weighted by atomic mass is 10.3. The smallest absolute Gasteiger partial charge is 0.140 e. The molecule has 0 atom stereocenters. The molecule has 1 aliphatic heterocycles. The number of ether oxygens (including phenoxy) is 1. The first-order valence-corrected chi connectivity index (χ1v) is 6.10. The van der Waals surface area contributed by atoms with Crippen molar-refractivity contribution in [2.24, 2.45) is 0 Å². The molecule has 90 valence electrons. The first-order valence-electron chi connectivity index (χ1n) is 6.10. The summed E-state index contributed by atoms with van der Waals surface area (Å²) in [6.45, 7) is 4.30. The Labute approximate surface area is 102 Å². The van der Waals surface area contributed by atoms with Crippen LogP contribution in [-0.2, 0) is 0 Å². The summed E-state index contributed by atoms with van der Waals surface area (Å²) in [6.07, 6.45) is 5.31. The Hall–Kier alpha value is -1.60. The highest BCUT2D eigenvalue weighted by molar-refractivity contribution is 5.26. The average molecular weight is 231 g/mol. The molecule has 1 aliphatic rings. The van der Waals surface area contributed by atoms with Gasteiger partial charge in [-0.25, -0.2) is 4.98 Å². The van der Waals surface area contributed by atoms with Gasteiger partial charge in [0.25, 0.3) is 0 Å². The number of hydrogen-bond donors (Lipinski definition) is 0. The van der Waals surface area contributed by atoms with Gasteiger partial charge in [-0.15, -0.1) is 0 Å². The van der Waals surface area contributed by atoms with E-state index in [1.54, 1.807) is 18.3 Å². The zero-order valence-corrected chi connectivity index (χ0v) is 9.93. The second-order valence-electron chi connectivity index (χ2n) is 4.24. The van der Waals surface area contributed by atoms with Gasteiger partial charge in [-0.2, -0.15) is 5.26 Å². The maximum Gasteiger partial charge on any atom is 0.140 e. The zero-order chi connectivity index (χ0) is 11.9. The molecule has 0 aliphatic carbocycles. The van der Waals surface area contributed by atoms with Crippen molar-refractivity contribution in [3.8, 4) is 11.8 Å². The van der Waals surface area contributed by atoms with Crippen molar-refractivity contribution in [1.29, 1.82) is 5.26 Å². The molecular formula is C13H17N3O. The number of likely N-dealkylation sites (tertiary alicyclic amines) is 1. The Morgan fingerprint density at radius 2 is 2.18 bits per heavy atom. The van der Waals surface area contributed by atoms with E-state index in [0.717, 1.165) is 18.7 Å². The van der Waals surface area contributed by atoms with E-state index in [1.165, 1.54) is 25.9 Å². The highest BCUT2D eigenvalue weighted by Gasteiger charge is 2.10. The van der Waals surface area contributed by atoms with Crippen molar-refractivity contribution >= 4 is 0 Å². The second-order valence-corrected chi connectivity index (χ2v) is 4.24. The predicted octanol–water partition coefficient (Wildman–Crippen LogP) is 1.82. The summed E-state index contributed by atoms with van der Waals surface area (Å²) >= 11 is 0. The van der Waals surface area contributed by atoms with Crippen LogP contribution in [0.5, 0.6) is 5.75 Å². The molecule has 4 nitrogen and oxygen atoms in total. The average Bonchev–Trinajstić information content (AvgIpc) is 2.88. The van der Waals surface area contributed by atoms with E-state index in [9.17, 15) is 0 Å². The van der Waals surface area contributed by atoms with Crippen LogP contribution in [-0.4, -0.2) is 36.1 Å². The topological polar surface area (TPSA) is 49.1 Å².